The maximum atomic E-state index is 8.88. The Kier molecular flexibility index (Phi) is 8.23. The van der Waals surface area contributed by atoms with Gasteiger partial charge in [-0.05, 0) is 0 Å². The summed E-state index contributed by atoms with van der Waals surface area (Å²) in [5, 5.41) is 8.12. The van der Waals surface area contributed by atoms with Gasteiger partial charge in [0.25, 0.3) is 0 Å². The van der Waals surface area contributed by atoms with Gasteiger partial charge in [0.1, 0.15) is 0 Å². The van der Waals surface area contributed by atoms with Crippen molar-refractivity contribution in [3.8, 4) is 0 Å². The van der Waals surface area contributed by atoms with Gasteiger partial charge in [0.15, 0.2) is 0 Å². The summed E-state index contributed by atoms with van der Waals surface area (Å²) in [4.78, 5) is 21.6. The van der Waals surface area contributed by atoms with Gasteiger partial charge in [-0.2, -0.15) is 0 Å². The van der Waals surface area contributed by atoms with E-state index in [4.69, 9.17) is 24.4 Å². The van der Waals surface area contributed by atoms with Crippen LogP contribution in [0.4, 0.5) is 0 Å². The summed E-state index contributed by atoms with van der Waals surface area (Å²) in [6.07, 6.45) is 0. The van der Waals surface area contributed by atoms with Gasteiger partial charge in [0, 0.05) is 0 Å². The molecule has 0 aliphatic carbocycles. The van der Waals surface area contributed by atoms with Crippen molar-refractivity contribution in [3.63, 3.8) is 0 Å². The van der Waals surface area contributed by atoms with Crippen LogP contribution in [0.3, 0.4) is 0 Å². The average molecular weight is 166 g/mol. The van der Waals surface area contributed by atoms with Crippen molar-refractivity contribution in [1.82, 2.24) is 0 Å². The first-order valence-corrected chi connectivity index (χ1v) is 4.92. The molecule has 1 atom stereocenters. The molecule has 0 amide bonds. The Labute approximate surface area is 70.4 Å². The fourth-order valence-corrected chi connectivity index (χ4v) is 0. The number of hydrogen-bond acceptors (Lipinski definition) is 2. The number of aliphatic hydroxyl groups excluding tert-OH is 1. The normalized spacial score (nSPS) is 13.7. The number of hydrogen-bond donors (Lipinski definition) is 4. The minimum Gasteiger partial charge on any atom is -0.303 e. The predicted octanol–water partition coefficient (Wildman–Crippen LogP) is -1.44. The summed E-state index contributed by atoms with van der Waals surface area (Å²) < 4.78 is 8.85. The topological polar surface area (TPSA) is 98.0 Å². The second kappa shape index (κ2) is 5.82. The zero-order valence-electron chi connectivity index (χ0n) is 5.22. The largest absolute Gasteiger partial charge is 0.466 e. The van der Waals surface area contributed by atoms with E-state index in [1.165, 1.54) is 0 Å². The molecule has 0 saturated heterocycles. The van der Waals surface area contributed by atoms with Crippen LogP contribution in [0.2, 0.25) is 0 Å². The van der Waals surface area contributed by atoms with Crippen molar-refractivity contribution < 1.29 is 24.4 Å². The van der Waals surface area contributed by atoms with E-state index in [1.54, 1.807) is 6.92 Å². The van der Waals surface area contributed by atoms with Crippen LogP contribution >= 0.6 is 7.82 Å². The maximum Gasteiger partial charge on any atom is 0.466 e. The number of aliphatic hydroxyl groups is 1. The summed E-state index contributed by atoms with van der Waals surface area (Å²) in [5.41, 5.74) is 0. The molecule has 9 heavy (non-hydrogen) atoms. The van der Waals surface area contributed by atoms with Crippen LogP contribution in [0.5, 0.6) is 0 Å². The Morgan fingerprint density at radius 2 is 1.44 bits per heavy atom. The van der Waals surface area contributed by atoms with E-state index in [0.29, 0.717) is 0 Å². The van der Waals surface area contributed by atoms with Gasteiger partial charge < -0.3 is 14.7 Å². The standard InChI is InChI=1S/C2H5O.Na.H3O4P/c1-2-3;;1-5(2,3)4/h2-3H,1H3;;(H3,1,2,3,4). The van der Waals surface area contributed by atoms with Crippen molar-refractivity contribution >= 4 is 35.8 Å². The monoisotopic (exact) mass is 166 g/mol. The Bertz CT molecular complexity index is 86.1. The molecular weight excluding hydrogens is 158 g/mol. The molecule has 0 rings (SSSR count). The molecule has 0 aliphatic rings. The van der Waals surface area contributed by atoms with Gasteiger partial charge in [-0.3, -0.25) is 0 Å². The zero-order valence-corrected chi connectivity index (χ0v) is 8.12. The fraction of sp³-hybridized carbons (Fsp3) is 1.00. The summed E-state index contributed by atoms with van der Waals surface area (Å²) in [6.45, 7) is 1.78. The Morgan fingerprint density at radius 3 is 1.44 bits per heavy atom. The molecule has 7 heteroatoms. The number of rotatable bonds is 0. The predicted molar refractivity (Wildman–Crippen MR) is 31.7 cm³/mol. The summed E-state index contributed by atoms with van der Waals surface area (Å²) in [5.74, 6) is 0. The quantitative estimate of drug-likeness (QED) is 0.261. The Hall–Kier alpha value is 1.07. The molecule has 5 nitrogen and oxygen atoms in total. The zero-order chi connectivity index (χ0) is 8.08. The summed E-state index contributed by atoms with van der Waals surface area (Å²) in [7, 11) is -4.64. The Balaban J connectivity index is 0. The van der Waals surface area contributed by atoms with Gasteiger partial charge in [0.2, 0.25) is 0 Å². The molecule has 0 bridgehead atoms. The second-order valence-electron chi connectivity index (χ2n) is 1.61. The molecule has 0 spiro atoms. The van der Waals surface area contributed by atoms with Gasteiger partial charge in [-0.15, -0.1) is 0 Å². The minimum absolute atomic E-state index is 0.0278. The third-order valence-corrected chi connectivity index (χ3v) is 0. The van der Waals surface area contributed by atoms with Gasteiger partial charge in [0.05, 0.1) is 0 Å². The molecule has 0 aromatic heterocycles. The average Bonchev–Trinajstić information content (AvgIpc) is 1.19. The smallest absolute Gasteiger partial charge is 0.303 e. The third-order valence-electron chi connectivity index (χ3n) is 0. The van der Waals surface area contributed by atoms with Crippen LogP contribution in [0.15, 0.2) is 0 Å². The number of phosphoric acid groups is 1. The molecule has 0 aromatic rings. The molecule has 0 radical (unpaired) electrons. The Morgan fingerprint density at radius 1 is 1.44 bits per heavy atom. The minimum atomic E-state index is -4.64. The van der Waals surface area contributed by atoms with E-state index >= 15 is 0 Å². The first kappa shape index (κ1) is 12.7. The molecule has 0 heterocycles. The molecule has 0 fully saturated rings. The maximum absolute atomic E-state index is 8.88. The summed E-state index contributed by atoms with van der Waals surface area (Å²) >= 11 is 0.904. The van der Waals surface area contributed by atoms with Crippen LogP contribution in [0, 0.1) is 0 Å². The van der Waals surface area contributed by atoms with E-state index in [2.05, 4.69) is 0 Å². The van der Waals surface area contributed by atoms with Crippen molar-refractivity contribution in [2.45, 2.75) is 10.3 Å². The van der Waals surface area contributed by atoms with Crippen LogP contribution < -0.4 is 0 Å². The fourth-order valence-electron chi connectivity index (χ4n) is 0. The van der Waals surface area contributed by atoms with Crippen LogP contribution in [0.25, 0.3) is 0 Å². The van der Waals surface area contributed by atoms with Gasteiger partial charge in [-0.25, -0.2) is 4.57 Å². The first-order valence-electron chi connectivity index (χ1n) is 2.20. The molecule has 4 N–H and O–H groups in total. The van der Waals surface area contributed by atoms with Crippen LogP contribution in [0.1, 0.15) is 6.92 Å². The molecule has 0 aromatic carbocycles. The van der Waals surface area contributed by atoms with Crippen molar-refractivity contribution in [2.75, 3.05) is 0 Å². The first-order chi connectivity index (χ1) is 3.73. The van der Waals surface area contributed by atoms with Gasteiger partial charge >= 0.3 is 51.1 Å². The van der Waals surface area contributed by atoms with E-state index in [9.17, 15) is 0 Å². The van der Waals surface area contributed by atoms with E-state index in [0.717, 1.165) is 27.9 Å². The molecule has 0 saturated carbocycles. The SMILES string of the molecule is C[CH](O)[Na].O=P(O)(O)O. The van der Waals surface area contributed by atoms with Crippen molar-refractivity contribution in [3.05, 3.63) is 0 Å². The molecular formula is C2H8NaO5P. The van der Waals surface area contributed by atoms with Gasteiger partial charge in [-0.1, -0.05) is 0 Å². The summed E-state index contributed by atoms with van der Waals surface area (Å²) in [6, 6.07) is 0. The molecule has 1 unspecified atom stereocenters. The second-order valence-corrected chi connectivity index (χ2v) is 4.30. The van der Waals surface area contributed by atoms with Crippen LogP contribution in [-0.4, -0.2) is 51.1 Å². The molecule has 52 valence electrons. The third kappa shape index (κ3) is 396. The van der Waals surface area contributed by atoms with Crippen molar-refractivity contribution in [2.24, 2.45) is 0 Å². The van der Waals surface area contributed by atoms with Crippen molar-refractivity contribution in [1.29, 1.82) is 0 Å². The molecule has 0 aliphatic heterocycles. The van der Waals surface area contributed by atoms with Crippen LogP contribution in [-0.2, 0) is 4.57 Å². The van der Waals surface area contributed by atoms with E-state index < -0.39 is 7.82 Å². The van der Waals surface area contributed by atoms with E-state index in [1.807, 2.05) is 0 Å². The van der Waals surface area contributed by atoms with E-state index in [-0.39, 0.29) is 3.35 Å².